The fraction of sp³-hybridized carbons (Fsp3) is 0.0732. The van der Waals surface area contributed by atoms with Gasteiger partial charge in [-0.15, -0.1) is 0 Å². The number of fused-ring (bicyclic) bond motifs is 6. The minimum absolute atomic E-state index is 0.139. The highest BCUT2D eigenvalue weighted by Gasteiger charge is 2.45. The molecule has 0 aromatic heterocycles. The molecule has 2 aliphatic heterocycles. The van der Waals surface area contributed by atoms with Crippen molar-refractivity contribution in [1.29, 1.82) is 0 Å². The Labute approximate surface area is 505 Å². The van der Waals surface area contributed by atoms with Gasteiger partial charge in [-0.05, 0) is 147 Å². The molecule has 406 valence electrons. The van der Waals surface area contributed by atoms with Crippen LogP contribution in [0.1, 0.15) is 50.7 Å². The quantitative estimate of drug-likeness (QED) is 0.0995. The van der Waals surface area contributed by atoms with Crippen molar-refractivity contribution in [1.82, 2.24) is 0 Å². The van der Waals surface area contributed by atoms with E-state index >= 15 is 0 Å². The Morgan fingerprint density at radius 1 is 0.256 bits per heavy atom. The van der Waals surface area contributed by atoms with Crippen LogP contribution in [-0.4, -0.2) is 13.4 Å². The van der Waals surface area contributed by atoms with E-state index < -0.39 is 0 Å². The van der Waals surface area contributed by atoms with Crippen molar-refractivity contribution in [2.24, 2.45) is 0 Å². The molecule has 0 fully saturated rings. The Hall–Kier alpha value is -10.2. The first-order valence-electron chi connectivity index (χ1n) is 30.6. The third-order valence-corrected chi connectivity index (χ3v) is 18.7. The van der Waals surface area contributed by atoms with Crippen LogP contribution in [0, 0.1) is 0 Å². The van der Waals surface area contributed by atoms with Crippen LogP contribution in [0.15, 0.2) is 291 Å². The summed E-state index contributed by atoms with van der Waals surface area (Å²) in [6.45, 7) is 9.47. The van der Waals surface area contributed by atoms with Crippen LogP contribution in [0.5, 0.6) is 0 Å². The molecule has 0 spiro atoms. The van der Waals surface area contributed by atoms with E-state index in [0.29, 0.717) is 0 Å². The van der Waals surface area contributed by atoms with Gasteiger partial charge in [-0.1, -0.05) is 293 Å². The van der Waals surface area contributed by atoms with Crippen molar-refractivity contribution in [3.05, 3.63) is 302 Å². The Balaban J connectivity index is 1.09. The topological polar surface area (TPSA) is 6.48 Å². The van der Waals surface area contributed by atoms with Crippen LogP contribution in [0.3, 0.4) is 0 Å². The maximum Gasteiger partial charge on any atom is 0.248 e. The summed E-state index contributed by atoms with van der Waals surface area (Å²) in [6.07, 6.45) is 0. The van der Waals surface area contributed by atoms with E-state index in [2.05, 4.69) is 329 Å². The molecule has 0 saturated heterocycles. The molecular weight excluding hydrogens is 1030 g/mol. The second-order valence-electron chi connectivity index (χ2n) is 24.1. The highest BCUT2D eigenvalue weighted by Crippen LogP contribution is 2.52. The molecule has 2 heterocycles. The molecule has 0 aliphatic carbocycles. The van der Waals surface area contributed by atoms with Crippen molar-refractivity contribution in [3.8, 4) is 44.5 Å². The molecule has 86 heavy (non-hydrogen) atoms. The lowest BCUT2D eigenvalue weighted by Gasteiger charge is -2.42. The van der Waals surface area contributed by atoms with Crippen LogP contribution in [0.4, 0.5) is 34.1 Å². The highest BCUT2D eigenvalue weighted by molar-refractivity contribution is 7.01. The predicted octanol–water partition coefficient (Wildman–Crippen LogP) is 18.1. The first-order valence-corrected chi connectivity index (χ1v) is 30.6. The molecule has 16 rings (SSSR count). The second kappa shape index (κ2) is 20.9. The molecule has 0 bridgehead atoms. The summed E-state index contributed by atoms with van der Waals surface area (Å²) >= 11 is 0. The third-order valence-electron chi connectivity index (χ3n) is 18.7. The number of nitrogens with zero attached hydrogens (tertiary/aromatic N) is 2. The molecule has 4 heteroatoms. The van der Waals surface area contributed by atoms with Gasteiger partial charge in [0.1, 0.15) is 0 Å². The molecule has 0 amide bonds. The van der Waals surface area contributed by atoms with Gasteiger partial charge in [0, 0.05) is 44.9 Å². The maximum absolute atomic E-state index is 2.62. The lowest BCUT2D eigenvalue weighted by atomic mass is 9.32. The molecule has 0 N–H and O–H groups in total. The van der Waals surface area contributed by atoms with Crippen molar-refractivity contribution in [2.75, 3.05) is 9.80 Å². The van der Waals surface area contributed by atoms with E-state index in [1.54, 1.807) is 0 Å². The summed E-state index contributed by atoms with van der Waals surface area (Å²) in [5, 5.41) is 7.80. The lowest BCUT2D eigenvalue weighted by Crippen LogP contribution is -2.59. The van der Waals surface area contributed by atoms with Gasteiger partial charge in [-0.25, -0.2) is 0 Å². The van der Waals surface area contributed by atoms with Gasteiger partial charge >= 0.3 is 0 Å². The van der Waals surface area contributed by atoms with Gasteiger partial charge in [0.05, 0.1) is 0 Å². The Kier molecular flexibility index (Phi) is 12.5. The average Bonchev–Trinajstić information content (AvgIpc) is 2.19. The van der Waals surface area contributed by atoms with Crippen molar-refractivity contribution >= 4 is 113 Å². The number of benzene rings is 14. The molecule has 14 aromatic rings. The van der Waals surface area contributed by atoms with Gasteiger partial charge in [0.2, 0.25) is 13.4 Å². The first kappa shape index (κ1) is 51.5. The van der Waals surface area contributed by atoms with Crippen LogP contribution in [-0.2, 0) is 0 Å². The smallest absolute Gasteiger partial charge is 0.248 e. The molecule has 0 atom stereocenters. The number of anilines is 6. The summed E-state index contributed by atoms with van der Waals surface area (Å²) in [6, 6.07) is 109. The standard InChI is InChI=1S/C82H62B2N2/c1-53(2)73-65-49-51-68-76-66(74(54(3)4)80-82(68)86(60-39-21-10-22-40-60)72-48-26-24-46-70(72)84(80)78-63(57-33-15-7-16-34-57)43-28-44-64(78)58-35-17-8-18-36-58)50-52-67(75(65)76)81-79(73)83(69-45-23-25-47-71(69)85(81)59-37-19-9-20-38-59)77-61(55-29-11-5-12-30-55)41-27-42-62(77)56-31-13-6-14-32-56/h5-54H,1-4H3. The highest BCUT2D eigenvalue weighted by atomic mass is 15.2. The minimum Gasteiger partial charge on any atom is -0.311 e. The zero-order valence-electron chi connectivity index (χ0n) is 48.9. The Morgan fingerprint density at radius 2 is 0.535 bits per heavy atom. The molecule has 0 saturated carbocycles. The number of para-hydroxylation sites is 4. The second-order valence-corrected chi connectivity index (χ2v) is 24.1. The zero-order valence-corrected chi connectivity index (χ0v) is 48.9. The lowest BCUT2D eigenvalue weighted by molar-refractivity contribution is 0.881. The Morgan fingerprint density at radius 3 is 0.849 bits per heavy atom. The summed E-state index contributed by atoms with van der Waals surface area (Å²) < 4.78 is 0. The van der Waals surface area contributed by atoms with E-state index in [4.69, 9.17) is 0 Å². The molecule has 2 nitrogen and oxygen atoms in total. The molecule has 0 unspecified atom stereocenters. The monoisotopic (exact) mass is 1100 g/mol. The van der Waals surface area contributed by atoms with Crippen LogP contribution in [0.25, 0.3) is 76.8 Å². The molecule has 0 radical (unpaired) electrons. The van der Waals surface area contributed by atoms with Crippen LogP contribution in [0.2, 0.25) is 0 Å². The molecule has 14 aromatic carbocycles. The fourth-order valence-electron chi connectivity index (χ4n) is 15.4. The average molecular weight is 1100 g/mol. The van der Waals surface area contributed by atoms with E-state index in [-0.39, 0.29) is 25.3 Å². The van der Waals surface area contributed by atoms with Gasteiger partial charge < -0.3 is 9.80 Å². The fourth-order valence-corrected chi connectivity index (χ4v) is 15.4. The Bertz CT molecular complexity index is 4450. The summed E-state index contributed by atoms with van der Waals surface area (Å²) in [7, 11) is 0. The van der Waals surface area contributed by atoms with E-state index in [1.165, 1.54) is 143 Å². The molecule has 2 aliphatic rings. The zero-order chi connectivity index (χ0) is 57.6. The molecular formula is C82H62B2N2. The SMILES string of the molecule is CC(C)c1c2c(c3ccc4c(C(C)C)c5c(c6ccc1c3c46)N(c1ccccc1)c1ccccc1B5c1c(-c3ccccc3)cccc1-c1ccccc1)N(c1ccccc1)c1ccccc1B2c1c(-c2ccccc2)cccc1-c1ccccc1. The summed E-state index contributed by atoms with van der Waals surface area (Å²) in [5.74, 6) is 0.286. The van der Waals surface area contributed by atoms with Gasteiger partial charge in [0.15, 0.2) is 0 Å². The predicted molar refractivity (Wildman–Crippen MR) is 372 cm³/mol. The first-order chi connectivity index (χ1) is 42.4. The maximum atomic E-state index is 2.62. The van der Waals surface area contributed by atoms with Crippen molar-refractivity contribution < 1.29 is 0 Å². The van der Waals surface area contributed by atoms with Gasteiger partial charge in [-0.3, -0.25) is 0 Å². The van der Waals surface area contributed by atoms with E-state index in [0.717, 1.165) is 11.4 Å². The largest absolute Gasteiger partial charge is 0.311 e. The number of rotatable bonds is 10. The van der Waals surface area contributed by atoms with Crippen molar-refractivity contribution in [3.63, 3.8) is 0 Å². The van der Waals surface area contributed by atoms with Gasteiger partial charge in [-0.2, -0.15) is 0 Å². The van der Waals surface area contributed by atoms with E-state index in [9.17, 15) is 0 Å². The normalized spacial score (nSPS) is 12.8. The van der Waals surface area contributed by atoms with Gasteiger partial charge in [0.25, 0.3) is 0 Å². The van der Waals surface area contributed by atoms with Crippen LogP contribution < -0.4 is 42.6 Å². The number of hydrogen-bond acceptors (Lipinski definition) is 2. The summed E-state index contributed by atoms with van der Waals surface area (Å²) in [4.78, 5) is 5.25. The summed E-state index contributed by atoms with van der Waals surface area (Å²) in [5.41, 5.74) is 27.8. The number of hydrogen-bond donors (Lipinski definition) is 0. The third kappa shape index (κ3) is 7.96. The minimum atomic E-state index is -0.139. The van der Waals surface area contributed by atoms with Crippen molar-refractivity contribution in [2.45, 2.75) is 39.5 Å². The van der Waals surface area contributed by atoms with Crippen LogP contribution >= 0.6 is 0 Å². The van der Waals surface area contributed by atoms with E-state index in [1.807, 2.05) is 0 Å².